The van der Waals surface area contributed by atoms with Crippen molar-refractivity contribution in [3.63, 3.8) is 0 Å². The van der Waals surface area contributed by atoms with Crippen LogP contribution in [0.2, 0.25) is 5.15 Å². The molecule has 0 radical (unpaired) electrons. The molecular weight excluding hydrogens is 378 g/mol. The average Bonchev–Trinajstić information content (AvgIpc) is 3.45. The summed E-state index contributed by atoms with van der Waals surface area (Å²) in [6.07, 6.45) is 8.07. The van der Waals surface area contributed by atoms with Gasteiger partial charge in [0.25, 0.3) is 0 Å². The van der Waals surface area contributed by atoms with E-state index in [0.717, 1.165) is 23.6 Å². The summed E-state index contributed by atoms with van der Waals surface area (Å²) in [6, 6.07) is 3.89. The minimum Gasteiger partial charge on any atom is -0.364 e. The number of carbonyl (C=O) groups excluding carboxylic acids is 1. The van der Waals surface area contributed by atoms with Crippen LogP contribution in [0.3, 0.4) is 0 Å². The van der Waals surface area contributed by atoms with Gasteiger partial charge in [0.1, 0.15) is 17.3 Å². The summed E-state index contributed by atoms with van der Waals surface area (Å²) in [5.41, 5.74) is 4.10. The molecule has 5 rings (SSSR count). The molecule has 1 amide bonds. The number of pyridine rings is 1. The van der Waals surface area contributed by atoms with E-state index < -0.39 is 0 Å². The number of hydrogen-bond donors (Lipinski definition) is 2. The Bertz CT molecular complexity index is 1050. The van der Waals surface area contributed by atoms with Gasteiger partial charge in [-0.3, -0.25) is 4.79 Å². The number of piperazine rings is 1. The van der Waals surface area contributed by atoms with Crippen molar-refractivity contribution in [2.75, 3.05) is 29.9 Å². The predicted octanol–water partition coefficient (Wildman–Crippen LogP) is 2.20. The van der Waals surface area contributed by atoms with Crippen LogP contribution in [-0.2, 0) is 11.3 Å². The molecule has 0 spiro atoms. The van der Waals surface area contributed by atoms with Gasteiger partial charge in [0.2, 0.25) is 5.91 Å². The van der Waals surface area contributed by atoms with Crippen molar-refractivity contribution in [2.24, 2.45) is 0 Å². The number of imidazole rings is 1. The summed E-state index contributed by atoms with van der Waals surface area (Å²) in [7, 11) is 0. The highest BCUT2D eigenvalue weighted by molar-refractivity contribution is 6.29. The maximum atomic E-state index is 11.9. The number of aromatic nitrogens is 4. The average molecular weight is 398 g/mol. The highest BCUT2D eigenvalue weighted by Gasteiger charge is 2.27. The van der Waals surface area contributed by atoms with Gasteiger partial charge in [-0.2, -0.15) is 0 Å². The van der Waals surface area contributed by atoms with Crippen LogP contribution in [-0.4, -0.2) is 44.9 Å². The number of nitrogens with zero attached hydrogens (tertiary/aromatic N) is 5. The van der Waals surface area contributed by atoms with Gasteiger partial charge in [-0.25, -0.2) is 15.0 Å². The molecule has 1 aliphatic carbocycles. The minimum absolute atomic E-state index is 0.0512. The van der Waals surface area contributed by atoms with Crippen molar-refractivity contribution >= 4 is 34.7 Å². The van der Waals surface area contributed by atoms with Crippen molar-refractivity contribution in [3.8, 4) is 0 Å². The zero-order valence-electron chi connectivity index (χ0n) is 15.2. The zero-order valence-corrected chi connectivity index (χ0v) is 16.0. The Balaban J connectivity index is 1.47. The quantitative estimate of drug-likeness (QED) is 0.642. The van der Waals surface area contributed by atoms with Crippen LogP contribution in [0.4, 0.5) is 11.5 Å². The number of rotatable bonds is 5. The van der Waals surface area contributed by atoms with Gasteiger partial charge >= 0.3 is 0 Å². The molecule has 3 aromatic heterocycles. The van der Waals surface area contributed by atoms with Gasteiger partial charge in [0.15, 0.2) is 5.65 Å². The molecule has 9 heteroatoms. The second-order valence-electron chi connectivity index (χ2n) is 7.25. The first-order chi connectivity index (χ1) is 13.7. The number of halogens is 1. The first kappa shape index (κ1) is 17.2. The van der Waals surface area contributed by atoms with Gasteiger partial charge in [-0.1, -0.05) is 11.6 Å². The fourth-order valence-corrected chi connectivity index (χ4v) is 3.71. The van der Waals surface area contributed by atoms with Crippen LogP contribution in [0.25, 0.3) is 5.65 Å². The Morgan fingerprint density at radius 2 is 2.14 bits per heavy atom. The summed E-state index contributed by atoms with van der Waals surface area (Å²) in [5.74, 6) is 1.33. The smallest absolute Gasteiger partial charge is 0.239 e. The van der Waals surface area contributed by atoms with E-state index in [1.165, 1.54) is 24.7 Å². The summed E-state index contributed by atoms with van der Waals surface area (Å²) in [6.45, 7) is 2.33. The van der Waals surface area contributed by atoms with Crippen molar-refractivity contribution in [1.82, 2.24) is 24.7 Å². The fourth-order valence-electron chi connectivity index (χ4n) is 3.57. The third-order valence-corrected chi connectivity index (χ3v) is 5.32. The Morgan fingerprint density at radius 1 is 1.25 bits per heavy atom. The highest BCUT2D eigenvalue weighted by Crippen LogP contribution is 2.41. The Hall–Kier alpha value is -2.87. The first-order valence-corrected chi connectivity index (χ1v) is 9.78. The maximum Gasteiger partial charge on any atom is 0.239 e. The number of amides is 1. The molecule has 3 aromatic rings. The Morgan fingerprint density at radius 3 is 2.93 bits per heavy atom. The molecule has 0 bridgehead atoms. The van der Waals surface area contributed by atoms with Gasteiger partial charge in [-0.15, -0.1) is 0 Å². The lowest BCUT2D eigenvalue weighted by molar-refractivity contribution is -0.120. The second-order valence-corrected chi connectivity index (χ2v) is 7.63. The molecular formula is C19H20ClN7O. The molecule has 0 aromatic carbocycles. The first-order valence-electron chi connectivity index (χ1n) is 9.40. The Kier molecular flexibility index (Phi) is 4.27. The standard InChI is InChI=1S/C19H20ClN7O/c20-16-6-17(24-11-23-16)22-7-14-9-27-8-13(12-1-2-12)5-15(19(27)25-14)26-4-3-21-18(28)10-26/h5-6,8-9,11-12H,1-4,7,10H2,(H,21,28)(H,22,23,24). The van der Waals surface area contributed by atoms with Crippen LogP contribution in [0.5, 0.6) is 0 Å². The molecule has 1 saturated heterocycles. The number of carbonyl (C=O) groups is 1. The lowest BCUT2D eigenvalue weighted by Crippen LogP contribution is -2.47. The van der Waals surface area contributed by atoms with Crippen LogP contribution >= 0.6 is 11.6 Å². The molecule has 8 nitrogen and oxygen atoms in total. The summed E-state index contributed by atoms with van der Waals surface area (Å²) < 4.78 is 2.08. The molecule has 2 aliphatic rings. The Labute approximate surface area is 166 Å². The van der Waals surface area contributed by atoms with Crippen LogP contribution in [0, 0.1) is 0 Å². The number of nitrogens with one attached hydrogen (secondary N) is 2. The molecule has 144 valence electrons. The fraction of sp³-hybridized carbons (Fsp3) is 0.368. The van der Waals surface area contributed by atoms with Crippen molar-refractivity contribution in [1.29, 1.82) is 0 Å². The molecule has 28 heavy (non-hydrogen) atoms. The van der Waals surface area contributed by atoms with Gasteiger partial charge < -0.3 is 19.9 Å². The normalized spacial score (nSPS) is 17.0. The number of hydrogen-bond acceptors (Lipinski definition) is 6. The summed E-state index contributed by atoms with van der Waals surface area (Å²) in [4.78, 5) is 26.9. The maximum absolute atomic E-state index is 11.9. The topological polar surface area (TPSA) is 87.5 Å². The lowest BCUT2D eigenvalue weighted by Gasteiger charge is -2.29. The molecule has 2 N–H and O–H groups in total. The molecule has 4 heterocycles. The largest absolute Gasteiger partial charge is 0.364 e. The summed E-state index contributed by atoms with van der Waals surface area (Å²) >= 11 is 5.91. The van der Waals surface area contributed by atoms with E-state index in [1.54, 1.807) is 6.07 Å². The third-order valence-electron chi connectivity index (χ3n) is 5.11. The van der Waals surface area contributed by atoms with Gasteiger partial charge in [0, 0.05) is 31.5 Å². The van der Waals surface area contributed by atoms with E-state index >= 15 is 0 Å². The van der Waals surface area contributed by atoms with Crippen molar-refractivity contribution in [2.45, 2.75) is 25.3 Å². The minimum atomic E-state index is 0.0512. The van der Waals surface area contributed by atoms with E-state index in [9.17, 15) is 4.79 Å². The van der Waals surface area contributed by atoms with Gasteiger partial charge in [0.05, 0.1) is 24.5 Å². The van der Waals surface area contributed by atoms with E-state index in [2.05, 4.69) is 42.2 Å². The van der Waals surface area contributed by atoms with E-state index in [1.807, 2.05) is 6.20 Å². The third kappa shape index (κ3) is 3.47. The zero-order chi connectivity index (χ0) is 19.1. The van der Waals surface area contributed by atoms with E-state index in [-0.39, 0.29) is 5.91 Å². The lowest BCUT2D eigenvalue weighted by atomic mass is 10.1. The number of fused-ring (bicyclic) bond motifs is 1. The van der Waals surface area contributed by atoms with Crippen molar-refractivity contribution < 1.29 is 4.79 Å². The van der Waals surface area contributed by atoms with Crippen LogP contribution in [0.1, 0.15) is 30.0 Å². The van der Waals surface area contributed by atoms with Crippen LogP contribution in [0.15, 0.2) is 30.9 Å². The number of anilines is 2. The summed E-state index contributed by atoms with van der Waals surface area (Å²) in [5, 5.41) is 6.51. The molecule has 1 saturated carbocycles. The molecule has 1 aliphatic heterocycles. The van der Waals surface area contributed by atoms with E-state index in [4.69, 9.17) is 16.6 Å². The highest BCUT2D eigenvalue weighted by atomic mass is 35.5. The monoisotopic (exact) mass is 397 g/mol. The molecule has 2 fully saturated rings. The molecule has 0 atom stereocenters. The molecule has 0 unspecified atom stereocenters. The van der Waals surface area contributed by atoms with E-state index in [0.29, 0.717) is 36.5 Å². The SMILES string of the molecule is O=C1CN(c2cc(C3CC3)cn3cc(CNc4cc(Cl)ncn4)nc23)CCN1. The van der Waals surface area contributed by atoms with Crippen LogP contribution < -0.4 is 15.5 Å². The van der Waals surface area contributed by atoms with Gasteiger partial charge in [-0.05, 0) is 30.4 Å². The predicted molar refractivity (Wildman–Crippen MR) is 107 cm³/mol. The van der Waals surface area contributed by atoms with Crippen molar-refractivity contribution in [3.05, 3.63) is 47.3 Å². The second kappa shape index (κ2) is 6.94.